The summed E-state index contributed by atoms with van der Waals surface area (Å²) in [5.74, 6) is 1.62. The summed E-state index contributed by atoms with van der Waals surface area (Å²) in [6.45, 7) is 7.70. The maximum Gasteiger partial charge on any atom is 0.275 e. The highest BCUT2D eigenvalue weighted by Crippen LogP contribution is 2.24. The molecule has 28 heavy (non-hydrogen) atoms. The molecule has 0 radical (unpaired) electrons. The van der Waals surface area contributed by atoms with Crippen molar-refractivity contribution in [3.63, 3.8) is 0 Å². The summed E-state index contributed by atoms with van der Waals surface area (Å²) in [7, 11) is 0. The molecule has 2 aromatic rings. The topological polar surface area (TPSA) is 69.2 Å². The van der Waals surface area contributed by atoms with Crippen molar-refractivity contribution < 1.29 is 19.0 Å². The van der Waals surface area contributed by atoms with Gasteiger partial charge in [-0.2, -0.15) is 5.10 Å². The molecule has 0 aliphatic carbocycles. The van der Waals surface area contributed by atoms with E-state index in [1.165, 1.54) is 0 Å². The van der Waals surface area contributed by atoms with Crippen molar-refractivity contribution >= 4 is 12.1 Å². The van der Waals surface area contributed by atoms with E-state index in [9.17, 15) is 4.79 Å². The van der Waals surface area contributed by atoms with Gasteiger partial charge in [-0.1, -0.05) is 26.0 Å². The first-order valence-corrected chi connectivity index (χ1v) is 9.64. The van der Waals surface area contributed by atoms with E-state index in [0.29, 0.717) is 36.9 Å². The smallest absolute Gasteiger partial charge is 0.275 e. The summed E-state index contributed by atoms with van der Waals surface area (Å²) in [6, 6.07) is 12.6. The quantitative estimate of drug-likeness (QED) is 0.460. The lowest BCUT2D eigenvalue weighted by atomic mass is 10.2. The van der Waals surface area contributed by atoms with Crippen LogP contribution < -0.4 is 19.6 Å². The number of para-hydroxylation sites is 1. The molecule has 0 fully saturated rings. The van der Waals surface area contributed by atoms with Gasteiger partial charge < -0.3 is 14.2 Å². The van der Waals surface area contributed by atoms with E-state index >= 15 is 0 Å². The molecule has 1 amide bonds. The Hall–Kier alpha value is -3.02. The third-order valence-corrected chi connectivity index (χ3v) is 3.72. The number of amides is 1. The molecule has 1 N–H and O–H groups in total. The minimum absolute atomic E-state index is 0.334. The van der Waals surface area contributed by atoms with Crippen LogP contribution in [0.25, 0.3) is 0 Å². The second-order valence-corrected chi connectivity index (χ2v) is 6.02. The summed E-state index contributed by atoms with van der Waals surface area (Å²) >= 11 is 0. The maximum absolute atomic E-state index is 12.4. The van der Waals surface area contributed by atoms with Gasteiger partial charge in [0, 0.05) is 11.6 Å². The first-order valence-electron chi connectivity index (χ1n) is 9.64. The van der Waals surface area contributed by atoms with Crippen molar-refractivity contribution in [1.29, 1.82) is 0 Å². The standard InChI is InChI=1S/C22H28N2O4/c1-4-13-27-18-12-11-17(21(15-18)28-14-5-2)16-23-24-22(25)19-9-7-8-10-20(19)26-6-3/h7-12,15-16H,4-6,13-14H2,1-3H3,(H,24,25)/b23-16+. The van der Waals surface area contributed by atoms with E-state index in [4.69, 9.17) is 14.2 Å². The molecule has 0 saturated carbocycles. The molecular formula is C22H28N2O4. The van der Waals surface area contributed by atoms with Gasteiger partial charge in [0.15, 0.2) is 0 Å². The van der Waals surface area contributed by atoms with Crippen molar-refractivity contribution in [1.82, 2.24) is 5.43 Å². The fraction of sp³-hybridized carbons (Fsp3) is 0.364. The summed E-state index contributed by atoms with van der Waals surface area (Å²) in [5.41, 5.74) is 3.74. The Morgan fingerprint density at radius 3 is 2.46 bits per heavy atom. The molecule has 0 aromatic heterocycles. The number of carbonyl (C=O) groups is 1. The second kappa shape index (κ2) is 11.6. The minimum Gasteiger partial charge on any atom is -0.493 e. The van der Waals surface area contributed by atoms with Crippen LogP contribution in [0.15, 0.2) is 47.6 Å². The molecule has 0 aliphatic rings. The van der Waals surface area contributed by atoms with Gasteiger partial charge in [-0.05, 0) is 44.0 Å². The SMILES string of the molecule is CCCOc1ccc(/C=N/NC(=O)c2ccccc2OCC)c(OCCC)c1. The zero-order chi connectivity index (χ0) is 20.2. The Kier molecular flexibility index (Phi) is 8.85. The minimum atomic E-state index is -0.334. The Bertz CT molecular complexity index is 790. The van der Waals surface area contributed by atoms with Crippen molar-refractivity contribution in [2.75, 3.05) is 19.8 Å². The van der Waals surface area contributed by atoms with E-state index in [-0.39, 0.29) is 5.91 Å². The van der Waals surface area contributed by atoms with Crippen molar-refractivity contribution in [3.8, 4) is 17.2 Å². The number of ether oxygens (including phenoxy) is 3. The van der Waals surface area contributed by atoms with Gasteiger partial charge in [-0.3, -0.25) is 4.79 Å². The van der Waals surface area contributed by atoms with Gasteiger partial charge in [-0.25, -0.2) is 5.43 Å². The van der Waals surface area contributed by atoms with E-state index in [2.05, 4.69) is 17.5 Å². The van der Waals surface area contributed by atoms with Crippen LogP contribution in [0.5, 0.6) is 17.2 Å². The van der Waals surface area contributed by atoms with Crippen LogP contribution in [0, 0.1) is 0 Å². The van der Waals surface area contributed by atoms with Crippen molar-refractivity contribution in [2.24, 2.45) is 5.10 Å². The molecule has 0 bridgehead atoms. The number of hydrogen-bond donors (Lipinski definition) is 1. The largest absolute Gasteiger partial charge is 0.493 e. The van der Waals surface area contributed by atoms with E-state index in [1.54, 1.807) is 24.4 Å². The molecule has 150 valence electrons. The van der Waals surface area contributed by atoms with Gasteiger partial charge >= 0.3 is 0 Å². The van der Waals surface area contributed by atoms with Gasteiger partial charge in [0.1, 0.15) is 17.2 Å². The zero-order valence-electron chi connectivity index (χ0n) is 16.7. The average molecular weight is 384 g/mol. The highest BCUT2D eigenvalue weighted by molar-refractivity contribution is 5.97. The van der Waals surface area contributed by atoms with Gasteiger partial charge in [0.2, 0.25) is 0 Å². The summed E-state index contributed by atoms with van der Waals surface area (Å²) in [4.78, 5) is 12.4. The van der Waals surface area contributed by atoms with E-state index in [1.807, 2.05) is 38.1 Å². The van der Waals surface area contributed by atoms with Gasteiger partial charge in [0.05, 0.1) is 31.6 Å². The number of carbonyl (C=O) groups excluding carboxylic acids is 1. The molecule has 0 spiro atoms. The van der Waals surface area contributed by atoms with Crippen LogP contribution in [0.2, 0.25) is 0 Å². The normalized spacial score (nSPS) is 10.7. The molecule has 0 heterocycles. The Labute approximate surface area is 166 Å². The third kappa shape index (κ3) is 6.30. The average Bonchev–Trinajstić information content (AvgIpc) is 2.72. The van der Waals surface area contributed by atoms with Gasteiger partial charge in [0.25, 0.3) is 5.91 Å². The predicted octanol–water partition coefficient (Wildman–Crippen LogP) is 4.43. The summed E-state index contributed by atoms with van der Waals surface area (Å²) < 4.78 is 16.9. The van der Waals surface area contributed by atoms with Crippen LogP contribution in [0.3, 0.4) is 0 Å². The first-order chi connectivity index (χ1) is 13.7. The summed E-state index contributed by atoms with van der Waals surface area (Å²) in [6.07, 6.45) is 3.39. The Balaban J connectivity index is 2.11. The first kappa shape index (κ1) is 21.3. The number of hydrogen-bond acceptors (Lipinski definition) is 5. The fourth-order valence-electron chi connectivity index (χ4n) is 2.42. The van der Waals surface area contributed by atoms with Crippen molar-refractivity contribution in [2.45, 2.75) is 33.6 Å². The number of rotatable bonds is 11. The molecule has 0 saturated heterocycles. The second-order valence-electron chi connectivity index (χ2n) is 6.02. The monoisotopic (exact) mass is 384 g/mol. The van der Waals surface area contributed by atoms with E-state index in [0.717, 1.165) is 24.2 Å². The lowest BCUT2D eigenvalue weighted by molar-refractivity contribution is 0.0951. The van der Waals surface area contributed by atoms with Crippen LogP contribution >= 0.6 is 0 Å². The predicted molar refractivity (Wildman–Crippen MR) is 111 cm³/mol. The van der Waals surface area contributed by atoms with E-state index < -0.39 is 0 Å². The fourth-order valence-corrected chi connectivity index (χ4v) is 2.42. The molecule has 0 atom stereocenters. The van der Waals surface area contributed by atoms with Crippen LogP contribution in [0.4, 0.5) is 0 Å². The Morgan fingerprint density at radius 2 is 1.71 bits per heavy atom. The maximum atomic E-state index is 12.4. The summed E-state index contributed by atoms with van der Waals surface area (Å²) in [5, 5.41) is 4.08. The molecule has 6 heteroatoms. The number of nitrogens with zero attached hydrogens (tertiary/aromatic N) is 1. The molecule has 2 aromatic carbocycles. The lowest BCUT2D eigenvalue weighted by Gasteiger charge is -2.11. The molecule has 0 aliphatic heterocycles. The third-order valence-electron chi connectivity index (χ3n) is 3.72. The Morgan fingerprint density at radius 1 is 0.964 bits per heavy atom. The highest BCUT2D eigenvalue weighted by Gasteiger charge is 2.11. The van der Waals surface area contributed by atoms with Crippen LogP contribution in [0.1, 0.15) is 49.5 Å². The molecule has 0 unspecified atom stereocenters. The highest BCUT2D eigenvalue weighted by atomic mass is 16.5. The zero-order valence-corrected chi connectivity index (χ0v) is 16.7. The molecule has 2 rings (SSSR count). The van der Waals surface area contributed by atoms with Crippen molar-refractivity contribution in [3.05, 3.63) is 53.6 Å². The number of benzene rings is 2. The lowest BCUT2D eigenvalue weighted by Crippen LogP contribution is -2.18. The molecular weight excluding hydrogens is 356 g/mol. The number of nitrogens with one attached hydrogen (secondary N) is 1. The molecule has 6 nitrogen and oxygen atoms in total. The van der Waals surface area contributed by atoms with Crippen LogP contribution in [-0.2, 0) is 0 Å². The number of hydrazone groups is 1. The van der Waals surface area contributed by atoms with Gasteiger partial charge in [-0.15, -0.1) is 0 Å². The van der Waals surface area contributed by atoms with Crippen LogP contribution in [-0.4, -0.2) is 31.9 Å².